The number of amides is 1. The van der Waals surface area contributed by atoms with Gasteiger partial charge in [-0.2, -0.15) is 5.10 Å². The van der Waals surface area contributed by atoms with Gasteiger partial charge in [0.15, 0.2) is 5.82 Å². The zero-order valence-electron chi connectivity index (χ0n) is 21.8. The highest BCUT2D eigenvalue weighted by molar-refractivity contribution is 6.34. The quantitative estimate of drug-likeness (QED) is 0.218. The maximum absolute atomic E-state index is 12.5. The second kappa shape index (κ2) is 11.4. The van der Waals surface area contributed by atoms with Crippen molar-refractivity contribution in [3.05, 3.63) is 107 Å². The first kappa shape index (κ1) is 26.0. The SMILES string of the molecule is COc1ccc(CNc2nnc(C)c3cc(-c4ccc(NC(=O)c5ccccc5)c(Cl)c4)ccc23)c(OC)c1. The van der Waals surface area contributed by atoms with E-state index in [2.05, 4.69) is 26.9 Å². The van der Waals surface area contributed by atoms with E-state index in [1.54, 1.807) is 26.4 Å². The van der Waals surface area contributed by atoms with E-state index in [0.29, 0.717) is 28.6 Å². The van der Waals surface area contributed by atoms with Crippen molar-refractivity contribution in [2.45, 2.75) is 13.5 Å². The van der Waals surface area contributed by atoms with Crippen molar-refractivity contribution >= 4 is 39.8 Å². The number of hydrogen-bond donors (Lipinski definition) is 2. The minimum atomic E-state index is -0.211. The van der Waals surface area contributed by atoms with Gasteiger partial charge in [0.05, 0.1) is 30.6 Å². The molecular weight excluding hydrogens is 512 g/mol. The predicted octanol–water partition coefficient (Wildman–Crippen LogP) is 7.14. The van der Waals surface area contributed by atoms with Gasteiger partial charge >= 0.3 is 0 Å². The van der Waals surface area contributed by atoms with Crippen LogP contribution in [0.15, 0.2) is 84.9 Å². The molecule has 2 N–H and O–H groups in total. The van der Waals surface area contributed by atoms with E-state index in [1.807, 2.05) is 73.7 Å². The number of nitrogens with zero attached hydrogens (tertiary/aromatic N) is 2. The van der Waals surface area contributed by atoms with Gasteiger partial charge in [-0.15, -0.1) is 5.10 Å². The van der Waals surface area contributed by atoms with E-state index >= 15 is 0 Å². The Morgan fingerprint density at radius 2 is 1.62 bits per heavy atom. The van der Waals surface area contributed by atoms with Crippen molar-refractivity contribution in [1.82, 2.24) is 10.2 Å². The van der Waals surface area contributed by atoms with Crippen molar-refractivity contribution in [1.29, 1.82) is 0 Å². The zero-order chi connectivity index (χ0) is 27.4. The third-order valence-corrected chi connectivity index (χ3v) is 6.80. The number of halogens is 1. The number of carbonyl (C=O) groups is 1. The molecule has 0 atom stereocenters. The standard InChI is InChI=1S/C31H27ClN4O3/c1-19-26-15-21(22-11-14-28(27(32)16-22)34-31(37)20-7-5-4-6-8-20)10-13-25(26)30(36-35-19)33-18-23-9-12-24(38-2)17-29(23)39-3/h4-17H,18H2,1-3H3,(H,33,36)(H,34,37). The van der Waals surface area contributed by atoms with Gasteiger partial charge in [-0.05, 0) is 66.6 Å². The average molecular weight is 539 g/mol. The number of anilines is 2. The summed E-state index contributed by atoms with van der Waals surface area (Å²) in [7, 11) is 3.26. The van der Waals surface area contributed by atoms with Crippen LogP contribution >= 0.6 is 11.6 Å². The third-order valence-electron chi connectivity index (χ3n) is 6.49. The number of fused-ring (bicyclic) bond motifs is 1. The molecule has 4 aromatic carbocycles. The van der Waals surface area contributed by atoms with Gasteiger partial charge in [0.1, 0.15) is 11.5 Å². The summed E-state index contributed by atoms with van der Waals surface area (Å²) >= 11 is 6.56. The molecule has 0 saturated heterocycles. The first-order valence-corrected chi connectivity index (χ1v) is 12.7. The lowest BCUT2D eigenvalue weighted by molar-refractivity contribution is 0.102. The fourth-order valence-corrected chi connectivity index (χ4v) is 4.58. The molecule has 5 aromatic rings. The minimum Gasteiger partial charge on any atom is -0.497 e. The van der Waals surface area contributed by atoms with Crippen LogP contribution in [0.2, 0.25) is 5.02 Å². The molecule has 0 spiro atoms. The smallest absolute Gasteiger partial charge is 0.255 e. The molecule has 5 rings (SSSR count). The lowest BCUT2D eigenvalue weighted by Crippen LogP contribution is -2.11. The number of methoxy groups -OCH3 is 2. The van der Waals surface area contributed by atoms with Gasteiger partial charge in [-0.1, -0.05) is 41.9 Å². The molecule has 1 amide bonds. The summed E-state index contributed by atoms with van der Waals surface area (Å²) in [5, 5.41) is 17.4. The lowest BCUT2D eigenvalue weighted by Gasteiger charge is -2.14. The highest BCUT2D eigenvalue weighted by Crippen LogP contribution is 2.33. The van der Waals surface area contributed by atoms with Gasteiger partial charge < -0.3 is 20.1 Å². The Balaban J connectivity index is 1.39. The van der Waals surface area contributed by atoms with Crippen molar-refractivity contribution < 1.29 is 14.3 Å². The second-order valence-electron chi connectivity index (χ2n) is 8.94. The molecule has 0 radical (unpaired) electrons. The fourth-order valence-electron chi connectivity index (χ4n) is 4.35. The number of carbonyl (C=O) groups excluding carboxylic acids is 1. The molecule has 1 aromatic heterocycles. The first-order valence-electron chi connectivity index (χ1n) is 12.3. The Kier molecular flexibility index (Phi) is 7.61. The molecule has 0 aliphatic heterocycles. The summed E-state index contributed by atoms with van der Waals surface area (Å²) in [5.41, 5.74) is 4.81. The van der Waals surface area contributed by atoms with E-state index < -0.39 is 0 Å². The number of rotatable bonds is 8. The third kappa shape index (κ3) is 5.63. The number of nitrogens with one attached hydrogen (secondary N) is 2. The number of ether oxygens (including phenoxy) is 2. The molecule has 0 saturated carbocycles. The van der Waals surface area contributed by atoms with Crippen LogP contribution in [0, 0.1) is 6.92 Å². The Morgan fingerprint density at radius 1 is 0.846 bits per heavy atom. The molecule has 1 heterocycles. The predicted molar refractivity (Wildman–Crippen MR) is 156 cm³/mol. The highest BCUT2D eigenvalue weighted by atomic mass is 35.5. The summed E-state index contributed by atoms with van der Waals surface area (Å²) in [5.74, 6) is 1.93. The Hall–Kier alpha value is -4.62. The summed E-state index contributed by atoms with van der Waals surface area (Å²) in [6, 6.07) is 26.5. The van der Waals surface area contributed by atoms with Crippen LogP contribution in [0.5, 0.6) is 11.5 Å². The molecule has 39 heavy (non-hydrogen) atoms. The summed E-state index contributed by atoms with van der Waals surface area (Å²) in [6.07, 6.45) is 0. The Labute approximate surface area is 231 Å². The maximum atomic E-state index is 12.5. The fraction of sp³-hybridized carbons (Fsp3) is 0.129. The van der Waals surface area contributed by atoms with Gasteiger partial charge in [0.2, 0.25) is 0 Å². The lowest BCUT2D eigenvalue weighted by atomic mass is 10.0. The van der Waals surface area contributed by atoms with Crippen LogP contribution in [0.25, 0.3) is 21.9 Å². The van der Waals surface area contributed by atoms with Gasteiger partial charge in [0.25, 0.3) is 5.91 Å². The minimum absolute atomic E-state index is 0.211. The highest BCUT2D eigenvalue weighted by Gasteiger charge is 2.13. The largest absolute Gasteiger partial charge is 0.497 e. The summed E-state index contributed by atoms with van der Waals surface area (Å²) in [6.45, 7) is 2.44. The Bertz CT molecular complexity index is 1660. The van der Waals surface area contributed by atoms with Crippen LogP contribution in [0.4, 0.5) is 11.5 Å². The molecule has 0 fully saturated rings. The molecule has 0 bridgehead atoms. The van der Waals surface area contributed by atoms with Crippen LogP contribution in [0.3, 0.4) is 0 Å². The van der Waals surface area contributed by atoms with E-state index in [-0.39, 0.29) is 5.91 Å². The number of aromatic nitrogens is 2. The van der Waals surface area contributed by atoms with Crippen LogP contribution in [-0.2, 0) is 6.54 Å². The monoisotopic (exact) mass is 538 g/mol. The summed E-state index contributed by atoms with van der Waals surface area (Å²) in [4.78, 5) is 12.5. The zero-order valence-corrected chi connectivity index (χ0v) is 22.5. The van der Waals surface area contributed by atoms with Gasteiger partial charge in [-0.3, -0.25) is 4.79 Å². The van der Waals surface area contributed by atoms with E-state index in [0.717, 1.165) is 44.7 Å². The Morgan fingerprint density at radius 3 is 2.36 bits per heavy atom. The van der Waals surface area contributed by atoms with E-state index in [9.17, 15) is 4.79 Å². The van der Waals surface area contributed by atoms with Gasteiger partial charge in [-0.25, -0.2) is 0 Å². The van der Waals surface area contributed by atoms with Crippen molar-refractivity contribution in [2.24, 2.45) is 0 Å². The molecule has 196 valence electrons. The topological polar surface area (TPSA) is 85.4 Å². The summed E-state index contributed by atoms with van der Waals surface area (Å²) < 4.78 is 10.8. The molecule has 0 aliphatic carbocycles. The molecule has 0 aliphatic rings. The number of hydrogen-bond acceptors (Lipinski definition) is 6. The van der Waals surface area contributed by atoms with Gasteiger partial charge in [0, 0.05) is 34.5 Å². The number of benzene rings is 4. The normalized spacial score (nSPS) is 10.8. The van der Waals surface area contributed by atoms with E-state index in [1.165, 1.54) is 0 Å². The van der Waals surface area contributed by atoms with Crippen LogP contribution < -0.4 is 20.1 Å². The second-order valence-corrected chi connectivity index (χ2v) is 9.35. The number of aryl methyl sites for hydroxylation is 1. The van der Waals surface area contributed by atoms with Crippen molar-refractivity contribution in [3.8, 4) is 22.6 Å². The average Bonchev–Trinajstić information content (AvgIpc) is 2.98. The van der Waals surface area contributed by atoms with Crippen LogP contribution in [0.1, 0.15) is 21.6 Å². The molecular formula is C31H27ClN4O3. The van der Waals surface area contributed by atoms with Crippen molar-refractivity contribution in [3.63, 3.8) is 0 Å². The molecule has 8 heteroatoms. The van der Waals surface area contributed by atoms with E-state index in [4.69, 9.17) is 21.1 Å². The maximum Gasteiger partial charge on any atom is 0.255 e. The first-order chi connectivity index (χ1) is 19.0. The van der Waals surface area contributed by atoms with Crippen LogP contribution in [-0.4, -0.2) is 30.3 Å². The molecule has 7 nitrogen and oxygen atoms in total. The van der Waals surface area contributed by atoms with Crippen molar-refractivity contribution in [2.75, 3.05) is 24.9 Å². The molecule has 0 unspecified atom stereocenters.